The summed E-state index contributed by atoms with van der Waals surface area (Å²) in [5, 5.41) is 4.38. The molecule has 1 saturated heterocycles. The largest absolute Gasteiger partial charge is 0.380 e. The predicted molar refractivity (Wildman–Crippen MR) is 78.8 cm³/mol. The molecule has 4 atom stereocenters. The van der Waals surface area contributed by atoms with Crippen LogP contribution in [0.2, 0.25) is 0 Å². The highest BCUT2D eigenvalue weighted by atomic mass is 19.1. The quantitative estimate of drug-likeness (QED) is 0.817. The monoisotopic (exact) mass is 313 g/mol. The van der Waals surface area contributed by atoms with Gasteiger partial charge in [0.15, 0.2) is 12.0 Å². The number of carbonyl (C=O) groups is 1. The van der Waals surface area contributed by atoms with Crippen molar-refractivity contribution in [1.29, 1.82) is 0 Å². The van der Waals surface area contributed by atoms with Crippen molar-refractivity contribution < 1.29 is 13.9 Å². The summed E-state index contributed by atoms with van der Waals surface area (Å²) in [5.41, 5.74) is 0.556. The lowest BCUT2D eigenvalue weighted by Gasteiger charge is -2.11. The Labute approximate surface area is 132 Å². The van der Waals surface area contributed by atoms with Gasteiger partial charge in [0.2, 0.25) is 11.6 Å². The molecule has 1 aliphatic carbocycles. The molecule has 2 aliphatic heterocycles. The molecule has 5 rings (SSSR count). The maximum atomic E-state index is 14.4. The fraction of sp³-hybridized carbons (Fsp3) is 0.471. The highest BCUT2D eigenvalue weighted by Gasteiger charge is 2.64. The van der Waals surface area contributed by atoms with Gasteiger partial charge in [-0.05, 0) is 17.9 Å². The van der Waals surface area contributed by atoms with Gasteiger partial charge in [-0.25, -0.2) is 14.1 Å². The topological polar surface area (TPSA) is 57.0 Å². The summed E-state index contributed by atoms with van der Waals surface area (Å²) in [6.45, 7) is 1.08. The molecule has 1 aromatic heterocycles. The van der Waals surface area contributed by atoms with Crippen LogP contribution < -0.4 is 0 Å². The van der Waals surface area contributed by atoms with E-state index in [1.165, 1.54) is 0 Å². The van der Waals surface area contributed by atoms with Gasteiger partial charge in [-0.1, -0.05) is 30.3 Å². The van der Waals surface area contributed by atoms with E-state index in [2.05, 4.69) is 10.1 Å². The molecule has 0 radical (unpaired) electrons. The second-order valence-corrected chi connectivity index (χ2v) is 6.77. The van der Waals surface area contributed by atoms with Crippen LogP contribution in [0.5, 0.6) is 0 Å². The zero-order valence-corrected chi connectivity index (χ0v) is 12.5. The Morgan fingerprint density at radius 1 is 1.35 bits per heavy atom. The number of ketones is 1. The molecule has 1 saturated carbocycles. The molecule has 0 spiro atoms. The number of Topliss-reactive ketones (excluding diaryl/α,β-unsaturated/α-hetero) is 1. The van der Waals surface area contributed by atoms with E-state index < -0.39 is 11.6 Å². The summed E-state index contributed by atoms with van der Waals surface area (Å²) in [4.78, 5) is 17.0. The van der Waals surface area contributed by atoms with Gasteiger partial charge < -0.3 is 4.74 Å². The average molecular weight is 313 g/mol. The van der Waals surface area contributed by atoms with Crippen molar-refractivity contribution in [2.75, 3.05) is 13.2 Å². The summed E-state index contributed by atoms with van der Waals surface area (Å²) in [6, 6.07) is 9.49. The summed E-state index contributed by atoms with van der Waals surface area (Å²) in [6.07, 6.45) is -0.0109. The smallest absolute Gasteiger partial charge is 0.218 e. The first-order valence-electron chi connectivity index (χ1n) is 7.97. The van der Waals surface area contributed by atoms with Gasteiger partial charge in [0.25, 0.3) is 0 Å². The van der Waals surface area contributed by atoms with Crippen molar-refractivity contribution in [2.45, 2.75) is 25.1 Å². The van der Waals surface area contributed by atoms with E-state index in [-0.39, 0.29) is 23.5 Å². The van der Waals surface area contributed by atoms with E-state index in [0.29, 0.717) is 25.6 Å². The maximum absolute atomic E-state index is 14.4. The lowest BCUT2D eigenvalue weighted by Crippen LogP contribution is -2.21. The van der Waals surface area contributed by atoms with Crippen molar-refractivity contribution >= 4 is 5.78 Å². The number of ether oxygens (including phenoxy) is 1. The van der Waals surface area contributed by atoms with E-state index in [1.54, 1.807) is 4.68 Å². The number of hydrogen-bond donors (Lipinski definition) is 0. The number of fused-ring (bicyclic) bond motifs is 2. The van der Waals surface area contributed by atoms with Crippen LogP contribution in [0.1, 0.15) is 47.1 Å². The summed E-state index contributed by atoms with van der Waals surface area (Å²) < 4.78 is 21.3. The zero-order chi connectivity index (χ0) is 15.6. The van der Waals surface area contributed by atoms with Crippen molar-refractivity contribution in [3.8, 4) is 0 Å². The second-order valence-electron chi connectivity index (χ2n) is 6.77. The molecule has 23 heavy (non-hydrogen) atoms. The lowest BCUT2D eigenvalue weighted by molar-refractivity contribution is 0.0818. The molecule has 118 valence electrons. The standard InChI is InChI=1S/C17H16FN3O2/c18-12-6-13(10-4-2-1-3-5-10)21-16(12)19-15(20-21)14(22)17-7-11(17)8-23-9-17/h1-5,11-13H,6-9H2. The second kappa shape index (κ2) is 4.47. The summed E-state index contributed by atoms with van der Waals surface area (Å²) in [5.74, 6) is 0.631. The molecular weight excluding hydrogens is 297 g/mol. The molecule has 2 fully saturated rings. The van der Waals surface area contributed by atoms with Gasteiger partial charge in [-0.15, -0.1) is 5.10 Å². The number of carbonyl (C=O) groups excluding carboxylic acids is 1. The molecule has 1 aromatic carbocycles. The van der Waals surface area contributed by atoms with Gasteiger partial charge in [0.05, 0.1) is 24.7 Å². The molecule has 4 unspecified atom stereocenters. The number of benzene rings is 1. The minimum atomic E-state index is -1.18. The Bertz CT molecular complexity index is 790. The average Bonchev–Trinajstić information content (AvgIpc) is 2.94. The zero-order valence-electron chi connectivity index (χ0n) is 12.5. The molecule has 2 aromatic rings. The summed E-state index contributed by atoms with van der Waals surface area (Å²) in [7, 11) is 0. The molecule has 3 aliphatic rings. The van der Waals surface area contributed by atoms with E-state index >= 15 is 0 Å². The Balaban J connectivity index is 1.51. The van der Waals surface area contributed by atoms with Crippen molar-refractivity contribution in [1.82, 2.24) is 14.8 Å². The Morgan fingerprint density at radius 3 is 2.87 bits per heavy atom. The van der Waals surface area contributed by atoms with Gasteiger partial charge >= 0.3 is 0 Å². The first-order chi connectivity index (χ1) is 11.2. The summed E-state index contributed by atoms with van der Waals surface area (Å²) >= 11 is 0. The first-order valence-corrected chi connectivity index (χ1v) is 7.97. The highest BCUT2D eigenvalue weighted by Crippen LogP contribution is 2.58. The maximum Gasteiger partial charge on any atom is 0.218 e. The Hall–Kier alpha value is -2.08. The molecule has 5 nitrogen and oxygen atoms in total. The number of aromatic nitrogens is 3. The number of nitrogens with zero attached hydrogens (tertiary/aromatic N) is 3. The molecule has 3 heterocycles. The lowest BCUT2D eigenvalue weighted by atomic mass is 10.00. The predicted octanol–water partition coefficient (Wildman–Crippen LogP) is 2.50. The van der Waals surface area contributed by atoms with Gasteiger partial charge in [-0.3, -0.25) is 4.79 Å². The van der Waals surface area contributed by atoms with Crippen LogP contribution in [-0.2, 0) is 4.74 Å². The number of hydrogen-bond acceptors (Lipinski definition) is 4. The van der Waals surface area contributed by atoms with Gasteiger partial charge in [0, 0.05) is 6.42 Å². The van der Waals surface area contributed by atoms with Crippen LogP contribution in [0.3, 0.4) is 0 Å². The molecule has 0 bridgehead atoms. The van der Waals surface area contributed by atoms with Crippen LogP contribution in [0.25, 0.3) is 0 Å². The third-order valence-corrected chi connectivity index (χ3v) is 5.41. The normalized spacial score (nSPS) is 34.2. The number of alkyl halides is 1. The minimum Gasteiger partial charge on any atom is -0.380 e. The highest BCUT2D eigenvalue weighted by molar-refractivity contribution is 6.00. The third kappa shape index (κ3) is 1.78. The van der Waals surface area contributed by atoms with Crippen molar-refractivity contribution in [3.63, 3.8) is 0 Å². The van der Waals surface area contributed by atoms with E-state index in [4.69, 9.17) is 4.74 Å². The van der Waals surface area contributed by atoms with Crippen molar-refractivity contribution in [3.05, 3.63) is 47.5 Å². The van der Waals surface area contributed by atoms with E-state index in [9.17, 15) is 9.18 Å². The third-order valence-electron chi connectivity index (χ3n) is 5.41. The van der Waals surface area contributed by atoms with Crippen LogP contribution in [0.4, 0.5) is 4.39 Å². The minimum absolute atomic E-state index is 0.0825. The van der Waals surface area contributed by atoms with Crippen LogP contribution >= 0.6 is 0 Å². The molecule has 0 amide bonds. The fourth-order valence-corrected chi connectivity index (χ4v) is 3.95. The van der Waals surface area contributed by atoms with E-state index in [0.717, 1.165) is 12.0 Å². The van der Waals surface area contributed by atoms with Gasteiger partial charge in [-0.2, -0.15) is 0 Å². The number of halogens is 1. The Kier molecular flexibility index (Phi) is 2.60. The molecule has 6 heteroatoms. The first kappa shape index (κ1) is 13.4. The molecule has 0 N–H and O–H groups in total. The fourth-order valence-electron chi connectivity index (χ4n) is 3.95. The van der Waals surface area contributed by atoms with Gasteiger partial charge in [0.1, 0.15) is 0 Å². The van der Waals surface area contributed by atoms with E-state index in [1.807, 2.05) is 30.3 Å². The van der Waals surface area contributed by atoms with Crippen LogP contribution in [-0.4, -0.2) is 33.8 Å². The number of rotatable bonds is 3. The van der Waals surface area contributed by atoms with Crippen LogP contribution in [0, 0.1) is 11.3 Å². The SMILES string of the molecule is O=C(c1nc2n(n1)C(c1ccccc1)CC2F)C12COCC1C2. The van der Waals surface area contributed by atoms with Crippen LogP contribution in [0.15, 0.2) is 30.3 Å². The molecular formula is C17H16FN3O2. The Morgan fingerprint density at radius 2 is 2.17 bits per heavy atom. The van der Waals surface area contributed by atoms with Crippen molar-refractivity contribution in [2.24, 2.45) is 11.3 Å².